The number of rotatable bonds is 3. The van der Waals surface area contributed by atoms with Crippen LogP contribution in [0.1, 0.15) is 31.9 Å². The van der Waals surface area contributed by atoms with Crippen molar-refractivity contribution in [3.05, 3.63) is 41.7 Å². The molecule has 0 atom stereocenters. The molecule has 2 heteroatoms. The predicted molar refractivity (Wildman–Crippen MR) is 71.6 cm³/mol. The van der Waals surface area contributed by atoms with Crippen LogP contribution >= 0.6 is 0 Å². The first-order valence-corrected chi connectivity index (χ1v) is 5.65. The van der Waals surface area contributed by atoms with Crippen molar-refractivity contribution in [1.29, 1.82) is 0 Å². The lowest BCUT2D eigenvalue weighted by Crippen LogP contribution is -2.31. The summed E-state index contributed by atoms with van der Waals surface area (Å²) in [7, 11) is 0. The van der Waals surface area contributed by atoms with Crippen molar-refractivity contribution in [3.63, 3.8) is 0 Å². The van der Waals surface area contributed by atoms with E-state index < -0.39 is 0 Å². The maximum Gasteiger partial charge on any atom is 0.0439 e. The van der Waals surface area contributed by atoms with E-state index in [0.717, 1.165) is 0 Å². The van der Waals surface area contributed by atoms with E-state index in [2.05, 4.69) is 63.5 Å². The molecule has 16 heavy (non-hydrogen) atoms. The van der Waals surface area contributed by atoms with Crippen molar-refractivity contribution in [2.75, 3.05) is 5.32 Å². The highest BCUT2D eigenvalue weighted by atomic mass is 14.9. The van der Waals surface area contributed by atoms with E-state index in [4.69, 9.17) is 0 Å². The van der Waals surface area contributed by atoms with Gasteiger partial charge in [0, 0.05) is 23.6 Å². The Morgan fingerprint density at radius 2 is 1.56 bits per heavy atom. The fraction of sp³-hybridized carbons (Fsp3) is 0.429. The molecule has 0 radical (unpaired) electrons. The topological polar surface area (TPSA) is 24.1 Å². The van der Waals surface area contributed by atoms with Crippen molar-refractivity contribution in [3.8, 4) is 0 Å². The Bertz CT molecular complexity index is 353. The number of aryl methyl sites for hydroxylation is 2. The quantitative estimate of drug-likeness (QED) is 0.810. The van der Waals surface area contributed by atoms with Crippen LogP contribution in [0.4, 0.5) is 5.69 Å². The third-order valence-corrected chi connectivity index (χ3v) is 2.31. The first kappa shape index (κ1) is 12.6. The van der Waals surface area contributed by atoms with Gasteiger partial charge in [0.2, 0.25) is 0 Å². The highest BCUT2D eigenvalue weighted by Gasteiger charge is 2.04. The molecule has 1 aromatic carbocycles. The number of nitrogens with one attached hydrogen (secondary N) is 2. The normalized spacial score (nSPS) is 11.8. The second kappa shape index (κ2) is 5.06. The minimum absolute atomic E-state index is 0.110. The monoisotopic (exact) mass is 218 g/mol. The molecule has 1 aromatic rings. The Labute approximate surface area is 98.8 Å². The molecule has 0 aliphatic heterocycles. The van der Waals surface area contributed by atoms with Gasteiger partial charge in [0.1, 0.15) is 0 Å². The zero-order valence-corrected chi connectivity index (χ0v) is 10.9. The van der Waals surface area contributed by atoms with Crippen LogP contribution in [0, 0.1) is 13.8 Å². The van der Waals surface area contributed by atoms with Gasteiger partial charge in [0.05, 0.1) is 0 Å². The van der Waals surface area contributed by atoms with Crippen molar-refractivity contribution >= 4 is 5.69 Å². The van der Waals surface area contributed by atoms with E-state index in [1.807, 2.05) is 12.4 Å². The molecule has 0 bridgehead atoms. The fourth-order valence-electron chi connectivity index (χ4n) is 1.46. The van der Waals surface area contributed by atoms with Crippen LogP contribution in [0.5, 0.6) is 0 Å². The second-order valence-corrected chi connectivity index (χ2v) is 5.14. The van der Waals surface area contributed by atoms with Crippen molar-refractivity contribution in [1.82, 2.24) is 5.32 Å². The van der Waals surface area contributed by atoms with Crippen LogP contribution < -0.4 is 10.6 Å². The van der Waals surface area contributed by atoms with E-state index in [-0.39, 0.29) is 5.54 Å². The molecule has 2 nitrogen and oxygen atoms in total. The number of hydrogen-bond donors (Lipinski definition) is 2. The molecule has 0 saturated heterocycles. The van der Waals surface area contributed by atoms with E-state index in [9.17, 15) is 0 Å². The largest absolute Gasteiger partial charge is 0.385 e. The molecule has 0 aromatic heterocycles. The van der Waals surface area contributed by atoms with Crippen molar-refractivity contribution < 1.29 is 0 Å². The van der Waals surface area contributed by atoms with Gasteiger partial charge in [-0.25, -0.2) is 0 Å². The summed E-state index contributed by atoms with van der Waals surface area (Å²) in [5, 5.41) is 6.60. The summed E-state index contributed by atoms with van der Waals surface area (Å²) in [6.45, 7) is 10.6. The molecule has 0 saturated carbocycles. The number of anilines is 1. The smallest absolute Gasteiger partial charge is 0.0439 e. The van der Waals surface area contributed by atoms with Crippen molar-refractivity contribution in [2.45, 2.75) is 40.2 Å². The Balaban J connectivity index is 2.61. The summed E-state index contributed by atoms with van der Waals surface area (Å²) in [6, 6.07) is 6.30. The summed E-state index contributed by atoms with van der Waals surface area (Å²) < 4.78 is 0. The first-order valence-electron chi connectivity index (χ1n) is 5.65. The maximum atomic E-state index is 3.31. The summed E-state index contributed by atoms with van der Waals surface area (Å²) in [5.41, 5.74) is 3.83. The molecule has 0 heterocycles. The number of hydrogen-bond acceptors (Lipinski definition) is 2. The van der Waals surface area contributed by atoms with Gasteiger partial charge < -0.3 is 10.6 Å². The molecular weight excluding hydrogens is 196 g/mol. The standard InChI is InChI=1S/C14H22N2/c1-11-7-6-8-12(2)13(11)15-9-10-16-14(3,4)5/h6-10,15-16H,1-5H3/b10-9-. The van der Waals surface area contributed by atoms with E-state index in [0.29, 0.717) is 0 Å². The van der Waals surface area contributed by atoms with E-state index >= 15 is 0 Å². The zero-order chi connectivity index (χ0) is 12.2. The Kier molecular flexibility index (Phi) is 3.99. The van der Waals surface area contributed by atoms with Crippen LogP contribution in [0.15, 0.2) is 30.6 Å². The second-order valence-electron chi connectivity index (χ2n) is 5.14. The molecule has 0 fully saturated rings. The SMILES string of the molecule is Cc1cccc(C)c1N/C=C\NC(C)(C)C. The lowest BCUT2D eigenvalue weighted by atomic mass is 10.1. The molecule has 0 aliphatic rings. The Morgan fingerprint density at radius 1 is 1.00 bits per heavy atom. The van der Waals surface area contributed by atoms with Crippen LogP contribution in [-0.2, 0) is 0 Å². The highest BCUT2D eigenvalue weighted by Crippen LogP contribution is 2.19. The molecule has 88 valence electrons. The van der Waals surface area contributed by atoms with Gasteiger partial charge in [-0.05, 0) is 45.7 Å². The van der Waals surface area contributed by atoms with Gasteiger partial charge in [-0.1, -0.05) is 18.2 Å². The third-order valence-electron chi connectivity index (χ3n) is 2.31. The van der Waals surface area contributed by atoms with Gasteiger partial charge in [0.25, 0.3) is 0 Å². The predicted octanol–water partition coefficient (Wildman–Crippen LogP) is 3.57. The van der Waals surface area contributed by atoms with Gasteiger partial charge in [0.15, 0.2) is 0 Å². The molecule has 0 amide bonds. The third kappa shape index (κ3) is 3.97. The van der Waals surface area contributed by atoms with Crippen LogP contribution in [0.2, 0.25) is 0 Å². The van der Waals surface area contributed by atoms with Gasteiger partial charge in [-0.2, -0.15) is 0 Å². The molecule has 2 N–H and O–H groups in total. The van der Waals surface area contributed by atoms with Gasteiger partial charge >= 0.3 is 0 Å². The molecular formula is C14H22N2. The number of benzene rings is 1. The molecule has 0 unspecified atom stereocenters. The molecule has 1 rings (SSSR count). The summed E-state index contributed by atoms with van der Waals surface area (Å²) in [4.78, 5) is 0. The lowest BCUT2D eigenvalue weighted by Gasteiger charge is -2.18. The zero-order valence-electron chi connectivity index (χ0n) is 10.9. The van der Waals surface area contributed by atoms with Crippen LogP contribution in [-0.4, -0.2) is 5.54 Å². The minimum atomic E-state index is 0.110. The van der Waals surface area contributed by atoms with Crippen LogP contribution in [0.3, 0.4) is 0 Å². The minimum Gasteiger partial charge on any atom is -0.385 e. The highest BCUT2D eigenvalue weighted by molar-refractivity contribution is 5.58. The average molecular weight is 218 g/mol. The van der Waals surface area contributed by atoms with E-state index in [1.165, 1.54) is 16.8 Å². The van der Waals surface area contributed by atoms with E-state index in [1.54, 1.807) is 0 Å². The summed E-state index contributed by atoms with van der Waals surface area (Å²) >= 11 is 0. The molecule has 0 aliphatic carbocycles. The summed E-state index contributed by atoms with van der Waals surface area (Å²) in [5.74, 6) is 0. The maximum absolute atomic E-state index is 3.31. The average Bonchev–Trinajstić information content (AvgIpc) is 2.14. The Hall–Kier alpha value is -1.44. The van der Waals surface area contributed by atoms with Crippen molar-refractivity contribution in [2.24, 2.45) is 0 Å². The van der Waals surface area contributed by atoms with Gasteiger partial charge in [-0.15, -0.1) is 0 Å². The first-order chi connectivity index (χ1) is 7.40. The van der Waals surface area contributed by atoms with Gasteiger partial charge in [-0.3, -0.25) is 0 Å². The van der Waals surface area contributed by atoms with Crippen LogP contribution in [0.25, 0.3) is 0 Å². The summed E-state index contributed by atoms with van der Waals surface area (Å²) in [6.07, 6.45) is 3.90. The molecule has 0 spiro atoms. The number of para-hydroxylation sites is 1. The Morgan fingerprint density at radius 3 is 2.06 bits per heavy atom. The lowest BCUT2D eigenvalue weighted by molar-refractivity contribution is 0.491. The fourth-order valence-corrected chi connectivity index (χ4v) is 1.46.